The zero-order chi connectivity index (χ0) is 12.4. The number of amides is 1. The van der Waals surface area contributed by atoms with E-state index >= 15 is 0 Å². The summed E-state index contributed by atoms with van der Waals surface area (Å²) in [5.74, 6) is 0.885. The Hall–Kier alpha value is -1.63. The van der Waals surface area contributed by atoms with E-state index in [1.807, 2.05) is 14.1 Å². The number of hydrogen-bond donors (Lipinski definition) is 2. The van der Waals surface area contributed by atoms with Crippen LogP contribution in [0.5, 0.6) is 0 Å². The molecular weight excluding hydrogens is 244 g/mol. The number of nitrogens with one attached hydrogen (secondary N) is 2. The van der Waals surface area contributed by atoms with Crippen LogP contribution in [-0.4, -0.2) is 47.5 Å². The molecule has 0 saturated carbocycles. The molecule has 0 aliphatic carbocycles. The van der Waals surface area contributed by atoms with Crippen LogP contribution in [0.25, 0.3) is 0 Å². The summed E-state index contributed by atoms with van der Waals surface area (Å²) in [6.07, 6.45) is 0.417. The van der Waals surface area contributed by atoms with Gasteiger partial charge in [0, 0.05) is 27.1 Å². The van der Waals surface area contributed by atoms with E-state index in [2.05, 4.69) is 25.6 Å². The Bertz CT molecular complexity index is 437. The minimum absolute atomic E-state index is 0.00372. The number of aromatic nitrogens is 3. The monoisotopic (exact) mass is 256 g/mol. The summed E-state index contributed by atoms with van der Waals surface area (Å²) in [4.78, 5) is 24.9. The molecule has 0 radical (unpaired) electrons. The normalized spacial score (nSPS) is 19.0. The molecule has 8 heteroatoms. The maximum atomic E-state index is 11.0. The molecule has 7 nitrogen and oxygen atoms in total. The van der Waals surface area contributed by atoms with Gasteiger partial charge in [-0.2, -0.15) is 15.0 Å². The van der Waals surface area contributed by atoms with Crippen LogP contribution in [0.15, 0.2) is 0 Å². The van der Waals surface area contributed by atoms with E-state index in [-0.39, 0.29) is 17.2 Å². The molecular formula is C9H13ClN6O. The van der Waals surface area contributed by atoms with Crippen LogP contribution in [0.4, 0.5) is 11.9 Å². The summed E-state index contributed by atoms with van der Waals surface area (Å²) in [6, 6.07) is -0.00372. The van der Waals surface area contributed by atoms with E-state index in [1.165, 1.54) is 0 Å². The minimum Gasteiger partial charge on any atom is -0.354 e. The Labute approximate surface area is 104 Å². The highest BCUT2D eigenvalue weighted by molar-refractivity contribution is 6.28. The molecule has 1 fully saturated rings. The summed E-state index contributed by atoms with van der Waals surface area (Å²) in [7, 11) is 3.63. The molecule has 1 atom stereocenters. The van der Waals surface area contributed by atoms with Crippen LogP contribution >= 0.6 is 11.6 Å². The number of nitrogens with zero attached hydrogens (tertiary/aromatic N) is 4. The van der Waals surface area contributed by atoms with Crippen molar-refractivity contribution in [2.75, 3.05) is 30.9 Å². The van der Waals surface area contributed by atoms with E-state index in [9.17, 15) is 4.79 Å². The van der Waals surface area contributed by atoms with Gasteiger partial charge in [-0.15, -0.1) is 0 Å². The quantitative estimate of drug-likeness (QED) is 0.785. The van der Waals surface area contributed by atoms with Gasteiger partial charge < -0.3 is 15.5 Å². The highest BCUT2D eigenvalue weighted by atomic mass is 35.5. The first-order chi connectivity index (χ1) is 8.04. The second-order valence-corrected chi connectivity index (χ2v) is 4.31. The SMILES string of the molecule is CN(C)c1nc(Cl)nc(NC2CNC(=O)C2)n1. The van der Waals surface area contributed by atoms with Crippen LogP contribution < -0.4 is 15.5 Å². The van der Waals surface area contributed by atoms with Gasteiger partial charge in [-0.3, -0.25) is 4.79 Å². The molecule has 92 valence electrons. The van der Waals surface area contributed by atoms with Crippen LogP contribution in [0.1, 0.15) is 6.42 Å². The Kier molecular flexibility index (Phi) is 3.28. The molecule has 1 saturated heterocycles. The van der Waals surface area contributed by atoms with E-state index in [0.717, 1.165) is 0 Å². The average molecular weight is 257 g/mol. The molecule has 1 aliphatic heterocycles. The number of hydrogen-bond acceptors (Lipinski definition) is 6. The molecule has 2 heterocycles. The van der Waals surface area contributed by atoms with Gasteiger partial charge in [-0.1, -0.05) is 0 Å². The molecule has 1 amide bonds. The summed E-state index contributed by atoms with van der Waals surface area (Å²) in [5.41, 5.74) is 0. The van der Waals surface area contributed by atoms with Crippen molar-refractivity contribution in [3.63, 3.8) is 0 Å². The highest BCUT2D eigenvalue weighted by Crippen LogP contribution is 2.13. The Morgan fingerprint density at radius 3 is 2.76 bits per heavy atom. The maximum Gasteiger partial charge on any atom is 0.230 e. The summed E-state index contributed by atoms with van der Waals surface area (Å²) in [5, 5.41) is 5.90. The molecule has 1 aromatic rings. The topological polar surface area (TPSA) is 83.0 Å². The predicted molar refractivity (Wildman–Crippen MR) is 64.2 cm³/mol. The lowest BCUT2D eigenvalue weighted by molar-refractivity contribution is -0.119. The highest BCUT2D eigenvalue weighted by Gasteiger charge is 2.22. The predicted octanol–water partition coefficient (Wildman–Crippen LogP) is -0.109. The lowest BCUT2D eigenvalue weighted by Crippen LogP contribution is -2.24. The van der Waals surface area contributed by atoms with Gasteiger partial charge >= 0.3 is 0 Å². The fourth-order valence-corrected chi connectivity index (χ4v) is 1.65. The van der Waals surface area contributed by atoms with Gasteiger partial charge in [0.1, 0.15) is 0 Å². The second kappa shape index (κ2) is 4.70. The van der Waals surface area contributed by atoms with Gasteiger partial charge in [0.2, 0.25) is 23.1 Å². The number of rotatable bonds is 3. The zero-order valence-electron chi connectivity index (χ0n) is 9.57. The summed E-state index contributed by atoms with van der Waals surface area (Å²) < 4.78 is 0. The Balaban J connectivity index is 2.12. The smallest absolute Gasteiger partial charge is 0.230 e. The number of anilines is 2. The van der Waals surface area contributed by atoms with E-state index < -0.39 is 0 Å². The number of carbonyl (C=O) groups is 1. The Morgan fingerprint density at radius 1 is 1.41 bits per heavy atom. The van der Waals surface area contributed by atoms with Crippen molar-refractivity contribution >= 4 is 29.4 Å². The average Bonchev–Trinajstić information content (AvgIpc) is 2.63. The zero-order valence-corrected chi connectivity index (χ0v) is 10.3. The first-order valence-corrected chi connectivity index (χ1v) is 5.54. The molecule has 17 heavy (non-hydrogen) atoms. The van der Waals surface area contributed by atoms with Gasteiger partial charge in [0.25, 0.3) is 0 Å². The first kappa shape index (κ1) is 11.8. The Morgan fingerprint density at radius 2 is 2.18 bits per heavy atom. The second-order valence-electron chi connectivity index (χ2n) is 3.97. The van der Waals surface area contributed by atoms with Gasteiger partial charge in [-0.05, 0) is 11.6 Å². The van der Waals surface area contributed by atoms with Crippen molar-refractivity contribution < 1.29 is 4.79 Å². The van der Waals surface area contributed by atoms with Crippen molar-refractivity contribution in [3.05, 3.63) is 5.28 Å². The summed E-state index contributed by atoms with van der Waals surface area (Å²) >= 11 is 5.80. The van der Waals surface area contributed by atoms with Crippen molar-refractivity contribution in [2.24, 2.45) is 0 Å². The largest absolute Gasteiger partial charge is 0.354 e. The van der Waals surface area contributed by atoms with Crippen molar-refractivity contribution in [1.29, 1.82) is 0 Å². The molecule has 2 rings (SSSR count). The summed E-state index contributed by atoms with van der Waals surface area (Å²) in [6.45, 7) is 0.569. The number of carbonyl (C=O) groups excluding carboxylic acids is 1. The van der Waals surface area contributed by atoms with Gasteiger partial charge in [0.05, 0.1) is 6.04 Å². The lowest BCUT2D eigenvalue weighted by atomic mass is 10.3. The van der Waals surface area contributed by atoms with Gasteiger partial charge in [-0.25, -0.2) is 0 Å². The van der Waals surface area contributed by atoms with E-state index in [4.69, 9.17) is 11.6 Å². The first-order valence-electron chi connectivity index (χ1n) is 5.17. The van der Waals surface area contributed by atoms with E-state index in [0.29, 0.717) is 24.9 Å². The van der Waals surface area contributed by atoms with Crippen LogP contribution in [0.2, 0.25) is 5.28 Å². The molecule has 1 aliphatic rings. The fourth-order valence-electron chi connectivity index (χ4n) is 1.49. The van der Waals surface area contributed by atoms with Crippen molar-refractivity contribution in [1.82, 2.24) is 20.3 Å². The molecule has 0 bridgehead atoms. The third-order valence-corrected chi connectivity index (χ3v) is 2.48. The molecule has 1 unspecified atom stereocenters. The van der Waals surface area contributed by atoms with Crippen molar-refractivity contribution in [3.8, 4) is 0 Å². The van der Waals surface area contributed by atoms with Crippen LogP contribution in [-0.2, 0) is 4.79 Å². The molecule has 1 aromatic heterocycles. The van der Waals surface area contributed by atoms with Crippen LogP contribution in [0.3, 0.4) is 0 Å². The molecule has 0 aromatic carbocycles. The molecule has 2 N–H and O–H groups in total. The number of halogens is 1. The minimum atomic E-state index is -0.00372. The maximum absolute atomic E-state index is 11.0. The van der Waals surface area contributed by atoms with Crippen molar-refractivity contribution in [2.45, 2.75) is 12.5 Å². The molecule has 0 spiro atoms. The standard InChI is InChI=1S/C9H13ClN6O/c1-16(2)9-14-7(10)13-8(15-9)12-5-3-6(17)11-4-5/h5H,3-4H2,1-2H3,(H,11,17)(H,12,13,14,15). The lowest BCUT2D eigenvalue weighted by Gasteiger charge is -2.14. The third kappa shape index (κ3) is 2.94. The van der Waals surface area contributed by atoms with Crippen LogP contribution in [0, 0.1) is 0 Å². The fraction of sp³-hybridized carbons (Fsp3) is 0.556. The van der Waals surface area contributed by atoms with Gasteiger partial charge in [0.15, 0.2) is 0 Å². The third-order valence-electron chi connectivity index (χ3n) is 2.31. The van der Waals surface area contributed by atoms with E-state index in [1.54, 1.807) is 4.90 Å².